The average molecular weight is 270 g/mol. The van der Waals surface area contributed by atoms with Gasteiger partial charge in [-0.25, -0.2) is 0 Å². The number of halogens is 1. The summed E-state index contributed by atoms with van der Waals surface area (Å²) >= 11 is 3.36. The van der Waals surface area contributed by atoms with Crippen LogP contribution >= 0.6 is 15.9 Å². The second-order valence-electron chi connectivity index (χ2n) is 3.61. The van der Waals surface area contributed by atoms with Crippen molar-refractivity contribution in [3.05, 3.63) is 29.8 Å². The van der Waals surface area contributed by atoms with Crippen molar-refractivity contribution < 1.29 is 4.79 Å². The van der Waals surface area contributed by atoms with Gasteiger partial charge in [-0.2, -0.15) is 0 Å². The van der Waals surface area contributed by atoms with Crippen LogP contribution in [0.15, 0.2) is 24.3 Å². The molecule has 0 spiro atoms. The van der Waals surface area contributed by atoms with Crippen LogP contribution in [-0.4, -0.2) is 10.7 Å². The molecule has 1 rings (SSSR count). The molecule has 3 heteroatoms. The van der Waals surface area contributed by atoms with Crippen LogP contribution in [0.25, 0.3) is 0 Å². The molecule has 0 fully saturated rings. The molecule has 0 aromatic heterocycles. The lowest BCUT2D eigenvalue weighted by molar-refractivity contribution is -0.115. The number of anilines is 1. The standard InChI is InChI=1S/C12H16BrNO/c1-3-4-11(13)12(15)14-10-7-5-9(2)6-8-10/h5-8,11H,3-4H2,1-2H3,(H,14,15). The predicted molar refractivity (Wildman–Crippen MR) is 67.4 cm³/mol. The van der Waals surface area contributed by atoms with E-state index in [4.69, 9.17) is 0 Å². The maximum atomic E-state index is 11.6. The monoisotopic (exact) mass is 269 g/mol. The third-order valence-electron chi connectivity index (χ3n) is 2.15. The van der Waals surface area contributed by atoms with Gasteiger partial charge in [0.15, 0.2) is 0 Å². The third-order valence-corrected chi connectivity index (χ3v) is 3.02. The number of rotatable bonds is 4. The fourth-order valence-corrected chi connectivity index (χ4v) is 1.81. The van der Waals surface area contributed by atoms with E-state index in [0.29, 0.717) is 0 Å². The van der Waals surface area contributed by atoms with Gasteiger partial charge in [-0.3, -0.25) is 4.79 Å². The van der Waals surface area contributed by atoms with Crippen molar-refractivity contribution in [2.75, 3.05) is 5.32 Å². The van der Waals surface area contributed by atoms with Crippen molar-refractivity contribution in [2.45, 2.75) is 31.5 Å². The van der Waals surface area contributed by atoms with Crippen molar-refractivity contribution >= 4 is 27.5 Å². The van der Waals surface area contributed by atoms with E-state index < -0.39 is 0 Å². The van der Waals surface area contributed by atoms with Gasteiger partial charge in [0.25, 0.3) is 0 Å². The third kappa shape index (κ3) is 4.04. The highest BCUT2D eigenvalue weighted by Crippen LogP contribution is 2.13. The van der Waals surface area contributed by atoms with Crippen molar-refractivity contribution in [3.8, 4) is 0 Å². The van der Waals surface area contributed by atoms with E-state index in [9.17, 15) is 4.79 Å². The minimum absolute atomic E-state index is 0.0284. The summed E-state index contributed by atoms with van der Waals surface area (Å²) in [5, 5.41) is 2.87. The number of benzene rings is 1. The Kier molecular flexibility index (Phi) is 4.82. The number of alkyl halides is 1. The lowest BCUT2D eigenvalue weighted by Crippen LogP contribution is -2.22. The van der Waals surface area contributed by atoms with Gasteiger partial charge in [-0.05, 0) is 25.5 Å². The molecular formula is C12H16BrNO. The second-order valence-corrected chi connectivity index (χ2v) is 4.72. The van der Waals surface area contributed by atoms with Crippen LogP contribution in [0.5, 0.6) is 0 Å². The summed E-state index contributed by atoms with van der Waals surface area (Å²) in [7, 11) is 0. The first kappa shape index (κ1) is 12.2. The van der Waals surface area contributed by atoms with E-state index >= 15 is 0 Å². The molecule has 0 aliphatic heterocycles. The molecule has 82 valence electrons. The largest absolute Gasteiger partial charge is 0.325 e. The van der Waals surface area contributed by atoms with Gasteiger partial charge in [0, 0.05) is 5.69 Å². The molecule has 1 unspecified atom stereocenters. The summed E-state index contributed by atoms with van der Waals surface area (Å²) in [4.78, 5) is 11.5. The Hall–Kier alpha value is -0.830. The lowest BCUT2D eigenvalue weighted by Gasteiger charge is -2.09. The maximum Gasteiger partial charge on any atom is 0.238 e. The zero-order valence-electron chi connectivity index (χ0n) is 9.09. The average Bonchev–Trinajstić information content (AvgIpc) is 2.22. The summed E-state index contributed by atoms with van der Waals surface area (Å²) < 4.78 is 0. The first-order valence-corrected chi connectivity index (χ1v) is 6.06. The fourth-order valence-electron chi connectivity index (χ4n) is 1.24. The Balaban J connectivity index is 2.54. The Morgan fingerprint density at radius 3 is 2.53 bits per heavy atom. The van der Waals surface area contributed by atoms with Gasteiger partial charge < -0.3 is 5.32 Å². The number of hydrogen-bond donors (Lipinski definition) is 1. The Morgan fingerprint density at radius 1 is 1.40 bits per heavy atom. The number of carbonyl (C=O) groups is 1. The zero-order valence-corrected chi connectivity index (χ0v) is 10.7. The second kappa shape index (κ2) is 5.91. The molecule has 1 amide bonds. The summed E-state index contributed by atoms with van der Waals surface area (Å²) in [6.07, 6.45) is 1.86. The molecule has 0 saturated carbocycles. The van der Waals surface area contributed by atoms with Crippen LogP contribution in [0.4, 0.5) is 5.69 Å². The fraction of sp³-hybridized carbons (Fsp3) is 0.417. The molecular weight excluding hydrogens is 254 g/mol. The predicted octanol–water partition coefficient (Wildman–Crippen LogP) is 3.50. The Morgan fingerprint density at radius 2 is 2.00 bits per heavy atom. The van der Waals surface area contributed by atoms with E-state index in [1.165, 1.54) is 5.56 Å². The molecule has 0 saturated heterocycles. The minimum Gasteiger partial charge on any atom is -0.325 e. The lowest BCUT2D eigenvalue weighted by atomic mass is 10.2. The van der Waals surface area contributed by atoms with E-state index in [1.54, 1.807) is 0 Å². The number of nitrogens with one attached hydrogen (secondary N) is 1. The van der Waals surface area contributed by atoms with Gasteiger partial charge in [0.1, 0.15) is 0 Å². The molecule has 1 aromatic carbocycles. The molecule has 0 aliphatic carbocycles. The van der Waals surface area contributed by atoms with Crippen molar-refractivity contribution in [3.63, 3.8) is 0 Å². The molecule has 0 radical (unpaired) electrons. The Labute approximate surface area is 99.2 Å². The molecule has 1 N–H and O–H groups in total. The first-order valence-electron chi connectivity index (χ1n) is 5.15. The minimum atomic E-state index is -0.0937. The van der Waals surface area contributed by atoms with Crippen LogP contribution in [0.2, 0.25) is 0 Å². The van der Waals surface area contributed by atoms with E-state index in [1.807, 2.05) is 31.2 Å². The number of amides is 1. The van der Waals surface area contributed by atoms with Gasteiger partial charge in [-0.1, -0.05) is 47.0 Å². The van der Waals surface area contributed by atoms with Crippen molar-refractivity contribution in [2.24, 2.45) is 0 Å². The molecule has 1 atom stereocenters. The number of carbonyl (C=O) groups excluding carboxylic acids is 1. The molecule has 15 heavy (non-hydrogen) atoms. The quantitative estimate of drug-likeness (QED) is 0.833. The van der Waals surface area contributed by atoms with Gasteiger partial charge in [0.2, 0.25) is 5.91 Å². The van der Waals surface area contributed by atoms with Crippen LogP contribution < -0.4 is 5.32 Å². The molecule has 1 aromatic rings. The Bertz CT molecular complexity index is 321. The molecule has 2 nitrogen and oxygen atoms in total. The van der Waals surface area contributed by atoms with Crippen LogP contribution in [0.1, 0.15) is 25.3 Å². The number of aryl methyl sites for hydroxylation is 1. The van der Waals surface area contributed by atoms with Gasteiger partial charge in [-0.15, -0.1) is 0 Å². The van der Waals surface area contributed by atoms with Crippen LogP contribution in [-0.2, 0) is 4.79 Å². The van der Waals surface area contributed by atoms with E-state index in [-0.39, 0.29) is 10.7 Å². The summed E-state index contributed by atoms with van der Waals surface area (Å²) in [5.41, 5.74) is 2.04. The number of hydrogen-bond acceptors (Lipinski definition) is 1. The maximum absolute atomic E-state index is 11.6. The van der Waals surface area contributed by atoms with Gasteiger partial charge >= 0.3 is 0 Å². The van der Waals surface area contributed by atoms with Gasteiger partial charge in [0.05, 0.1) is 4.83 Å². The molecule has 0 heterocycles. The summed E-state index contributed by atoms with van der Waals surface area (Å²) in [6, 6.07) is 7.80. The van der Waals surface area contributed by atoms with Crippen molar-refractivity contribution in [1.29, 1.82) is 0 Å². The highest BCUT2D eigenvalue weighted by molar-refractivity contribution is 9.10. The van der Waals surface area contributed by atoms with Crippen LogP contribution in [0.3, 0.4) is 0 Å². The summed E-state index contributed by atoms with van der Waals surface area (Å²) in [5.74, 6) is 0.0284. The normalized spacial score (nSPS) is 12.2. The van der Waals surface area contributed by atoms with E-state index in [2.05, 4.69) is 28.2 Å². The van der Waals surface area contributed by atoms with E-state index in [0.717, 1.165) is 18.5 Å². The van der Waals surface area contributed by atoms with Crippen LogP contribution in [0, 0.1) is 6.92 Å². The topological polar surface area (TPSA) is 29.1 Å². The smallest absolute Gasteiger partial charge is 0.238 e. The first-order chi connectivity index (χ1) is 7.13. The summed E-state index contributed by atoms with van der Waals surface area (Å²) in [6.45, 7) is 4.09. The molecule has 0 aliphatic rings. The zero-order chi connectivity index (χ0) is 11.3. The highest BCUT2D eigenvalue weighted by Gasteiger charge is 2.13. The SMILES string of the molecule is CCCC(Br)C(=O)Nc1ccc(C)cc1. The molecule has 0 bridgehead atoms. The van der Waals surface area contributed by atoms with Crippen molar-refractivity contribution in [1.82, 2.24) is 0 Å². The highest BCUT2D eigenvalue weighted by atomic mass is 79.9.